The fourth-order valence-electron chi connectivity index (χ4n) is 2.07. The van der Waals surface area contributed by atoms with E-state index in [1.807, 2.05) is 6.20 Å². The monoisotopic (exact) mass is 203 g/mol. The van der Waals surface area contributed by atoms with Crippen molar-refractivity contribution < 1.29 is 4.79 Å². The molecule has 0 fully saturated rings. The molecular weight excluding hydrogens is 186 g/mol. The van der Waals surface area contributed by atoms with Crippen molar-refractivity contribution >= 4 is 5.78 Å². The van der Waals surface area contributed by atoms with Gasteiger partial charge in [-0.05, 0) is 23.0 Å². The van der Waals surface area contributed by atoms with Crippen LogP contribution in [0.1, 0.15) is 37.6 Å². The molecule has 0 bridgehead atoms. The van der Waals surface area contributed by atoms with Crippen LogP contribution in [0.25, 0.3) is 0 Å². The van der Waals surface area contributed by atoms with E-state index < -0.39 is 0 Å². The summed E-state index contributed by atoms with van der Waals surface area (Å²) in [6.45, 7) is 6.64. The summed E-state index contributed by atoms with van der Waals surface area (Å²) in [5, 5.41) is 0. The van der Waals surface area contributed by atoms with Crippen molar-refractivity contribution in [3.8, 4) is 0 Å². The van der Waals surface area contributed by atoms with Crippen molar-refractivity contribution in [2.24, 2.45) is 5.41 Å². The smallest absolute Gasteiger partial charge is 0.143 e. The first-order chi connectivity index (χ1) is 6.94. The average Bonchev–Trinajstić information content (AvgIpc) is 2.40. The summed E-state index contributed by atoms with van der Waals surface area (Å²) in [5.41, 5.74) is 3.65. The van der Waals surface area contributed by atoms with Gasteiger partial charge in [-0.2, -0.15) is 0 Å². The van der Waals surface area contributed by atoms with Crippen LogP contribution in [0.4, 0.5) is 0 Å². The van der Waals surface area contributed by atoms with Gasteiger partial charge in [-0.3, -0.25) is 9.78 Å². The van der Waals surface area contributed by atoms with Crippen molar-refractivity contribution in [1.29, 1.82) is 0 Å². The highest BCUT2D eigenvalue weighted by molar-refractivity contribution is 5.87. The molecule has 2 heteroatoms. The van der Waals surface area contributed by atoms with Gasteiger partial charge in [-0.1, -0.05) is 26.8 Å². The number of carbonyl (C=O) groups is 1. The number of pyridine rings is 1. The van der Waals surface area contributed by atoms with Crippen LogP contribution >= 0.6 is 0 Å². The Labute approximate surface area is 90.7 Å². The maximum absolute atomic E-state index is 11.3. The fraction of sp³-hybridized carbons (Fsp3) is 0.538. The Morgan fingerprint density at radius 2 is 2.07 bits per heavy atom. The van der Waals surface area contributed by atoms with Crippen molar-refractivity contribution in [3.05, 3.63) is 29.1 Å². The van der Waals surface area contributed by atoms with Crippen LogP contribution in [0.15, 0.2) is 12.3 Å². The molecule has 0 saturated heterocycles. The number of ketones is 1. The molecule has 1 aromatic heterocycles. The van der Waals surface area contributed by atoms with E-state index in [0.29, 0.717) is 18.6 Å². The van der Waals surface area contributed by atoms with Gasteiger partial charge in [0.2, 0.25) is 0 Å². The van der Waals surface area contributed by atoms with Crippen molar-refractivity contribution in [1.82, 2.24) is 4.98 Å². The first-order valence-corrected chi connectivity index (χ1v) is 5.42. The molecule has 2 nitrogen and oxygen atoms in total. The summed E-state index contributed by atoms with van der Waals surface area (Å²) >= 11 is 0. The molecule has 15 heavy (non-hydrogen) atoms. The predicted molar refractivity (Wildman–Crippen MR) is 59.8 cm³/mol. The number of carbonyl (C=O) groups excluding carboxylic acids is 1. The highest BCUT2D eigenvalue weighted by Gasteiger charge is 2.20. The number of hydrogen-bond acceptors (Lipinski definition) is 2. The number of hydrogen-bond donors (Lipinski definition) is 0. The maximum atomic E-state index is 11.3. The third kappa shape index (κ3) is 2.44. The van der Waals surface area contributed by atoms with Crippen LogP contribution in [0.5, 0.6) is 0 Å². The second-order valence-electron chi connectivity index (χ2n) is 5.58. The van der Waals surface area contributed by atoms with Crippen LogP contribution in [-0.2, 0) is 24.1 Å². The van der Waals surface area contributed by atoms with Gasteiger partial charge in [0.1, 0.15) is 5.78 Å². The molecule has 1 aliphatic rings. The molecule has 2 rings (SSSR count). The molecule has 0 saturated carbocycles. The SMILES string of the molecule is CC(C)(C)Cc1cnc2c(c1)CC(=O)C2. The van der Waals surface area contributed by atoms with Gasteiger partial charge in [0.25, 0.3) is 0 Å². The van der Waals surface area contributed by atoms with E-state index in [9.17, 15) is 4.79 Å². The zero-order valence-electron chi connectivity index (χ0n) is 9.63. The van der Waals surface area contributed by atoms with Gasteiger partial charge >= 0.3 is 0 Å². The largest absolute Gasteiger partial charge is 0.299 e. The third-order valence-corrected chi connectivity index (χ3v) is 2.60. The van der Waals surface area contributed by atoms with E-state index in [-0.39, 0.29) is 5.41 Å². The Balaban J connectivity index is 2.24. The predicted octanol–water partition coefficient (Wildman–Crippen LogP) is 2.34. The molecule has 1 aliphatic carbocycles. The van der Waals surface area contributed by atoms with Crippen LogP contribution < -0.4 is 0 Å². The Bertz CT molecular complexity index is 401. The van der Waals surface area contributed by atoms with Crippen molar-refractivity contribution in [2.75, 3.05) is 0 Å². The minimum Gasteiger partial charge on any atom is -0.299 e. The van der Waals surface area contributed by atoms with E-state index in [0.717, 1.165) is 17.7 Å². The van der Waals surface area contributed by atoms with Crippen molar-refractivity contribution in [2.45, 2.75) is 40.0 Å². The fourth-order valence-corrected chi connectivity index (χ4v) is 2.07. The Hall–Kier alpha value is -1.18. The van der Waals surface area contributed by atoms with Crippen molar-refractivity contribution in [3.63, 3.8) is 0 Å². The molecule has 1 aromatic rings. The Kier molecular flexibility index (Phi) is 2.37. The molecule has 80 valence electrons. The molecule has 0 atom stereocenters. The zero-order chi connectivity index (χ0) is 11.1. The number of aromatic nitrogens is 1. The van der Waals surface area contributed by atoms with E-state index in [1.165, 1.54) is 5.56 Å². The van der Waals surface area contributed by atoms with Gasteiger partial charge in [0, 0.05) is 19.0 Å². The number of fused-ring (bicyclic) bond motifs is 1. The minimum absolute atomic E-state index is 0.276. The summed E-state index contributed by atoms with van der Waals surface area (Å²) in [4.78, 5) is 15.6. The molecular formula is C13H17NO. The molecule has 0 N–H and O–H groups in total. The lowest BCUT2D eigenvalue weighted by Crippen LogP contribution is -2.09. The van der Waals surface area contributed by atoms with E-state index >= 15 is 0 Å². The second kappa shape index (κ2) is 3.44. The second-order valence-corrected chi connectivity index (χ2v) is 5.58. The highest BCUT2D eigenvalue weighted by Crippen LogP contribution is 2.24. The third-order valence-electron chi connectivity index (χ3n) is 2.60. The lowest BCUT2D eigenvalue weighted by Gasteiger charge is -2.18. The quantitative estimate of drug-likeness (QED) is 0.701. The minimum atomic E-state index is 0.276. The number of rotatable bonds is 1. The Morgan fingerprint density at radius 3 is 2.73 bits per heavy atom. The van der Waals surface area contributed by atoms with Gasteiger partial charge in [0.05, 0.1) is 5.69 Å². The van der Waals surface area contributed by atoms with E-state index in [2.05, 4.69) is 31.8 Å². The molecule has 0 aliphatic heterocycles. The normalized spacial score (nSPS) is 15.5. The van der Waals surface area contributed by atoms with Gasteiger partial charge in [0.15, 0.2) is 0 Å². The first kappa shape index (κ1) is 10.3. The molecule has 0 amide bonds. The molecule has 0 unspecified atom stereocenters. The molecule has 1 heterocycles. The van der Waals surface area contributed by atoms with Crippen LogP contribution in [0.3, 0.4) is 0 Å². The van der Waals surface area contributed by atoms with Crippen LogP contribution in [0.2, 0.25) is 0 Å². The van der Waals surface area contributed by atoms with Crippen LogP contribution in [-0.4, -0.2) is 10.8 Å². The summed E-state index contributed by atoms with van der Waals surface area (Å²) in [5.74, 6) is 0.297. The first-order valence-electron chi connectivity index (χ1n) is 5.42. The maximum Gasteiger partial charge on any atom is 0.143 e. The molecule has 0 radical (unpaired) electrons. The van der Waals surface area contributed by atoms with E-state index in [1.54, 1.807) is 0 Å². The average molecular weight is 203 g/mol. The van der Waals surface area contributed by atoms with Gasteiger partial charge < -0.3 is 0 Å². The summed E-state index contributed by atoms with van der Waals surface area (Å²) < 4.78 is 0. The summed E-state index contributed by atoms with van der Waals surface area (Å²) in [6, 6.07) is 2.15. The Morgan fingerprint density at radius 1 is 1.33 bits per heavy atom. The zero-order valence-corrected chi connectivity index (χ0v) is 9.63. The summed E-state index contributed by atoms with van der Waals surface area (Å²) in [6.07, 6.45) is 4.05. The lowest BCUT2D eigenvalue weighted by molar-refractivity contribution is -0.117. The highest BCUT2D eigenvalue weighted by atomic mass is 16.1. The molecule has 0 spiro atoms. The van der Waals surface area contributed by atoms with Gasteiger partial charge in [-0.15, -0.1) is 0 Å². The number of nitrogens with zero attached hydrogens (tertiary/aromatic N) is 1. The van der Waals surface area contributed by atoms with Gasteiger partial charge in [-0.25, -0.2) is 0 Å². The summed E-state index contributed by atoms with van der Waals surface area (Å²) in [7, 11) is 0. The number of Topliss-reactive ketones (excluding diaryl/α,β-unsaturated/α-hetero) is 1. The lowest BCUT2D eigenvalue weighted by atomic mass is 9.88. The van der Waals surface area contributed by atoms with E-state index in [4.69, 9.17) is 0 Å². The standard InChI is InChI=1S/C13H17NO/c1-13(2,3)7-9-4-10-5-11(15)6-12(10)14-8-9/h4,8H,5-7H2,1-3H3. The van der Waals surface area contributed by atoms with Crippen LogP contribution in [0, 0.1) is 5.41 Å². The molecule has 0 aromatic carbocycles. The topological polar surface area (TPSA) is 30.0 Å².